The SMILES string of the molecule is CCCN1[C@@H](CC(=O)c2ccc(C(=O)OC)cc2[N+](=O)[O-])C([N+](=O)[O-])[C@H](c2cccc(Cl)c2F)[C@]12C(=O)Nc1cc(Cl)ccc12. The Labute approximate surface area is 265 Å². The van der Waals surface area contributed by atoms with Crippen molar-refractivity contribution < 1.29 is 33.4 Å². The topological polar surface area (TPSA) is 162 Å². The van der Waals surface area contributed by atoms with Gasteiger partial charge in [-0.05, 0) is 43.3 Å². The summed E-state index contributed by atoms with van der Waals surface area (Å²) in [5.74, 6) is -4.85. The van der Waals surface area contributed by atoms with E-state index in [1.165, 1.54) is 47.4 Å². The zero-order valence-corrected chi connectivity index (χ0v) is 25.3. The lowest BCUT2D eigenvalue weighted by Crippen LogP contribution is -2.52. The number of rotatable bonds is 9. The van der Waals surface area contributed by atoms with Gasteiger partial charge in [-0.3, -0.25) is 34.7 Å². The largest absolute Gasteiger partial charge is 0.465 e. The lowest BCUT2D eigenvalue weighted by molar-refractivity contribution is -0.528. The van der Waals surface area contributed by atoms with Gasteiger partial charge in [-0.25, -0.2) is 9.18 Å². The Hall–Kier alpha value is -4.46. The summed E-state index contributed by atoms with van der Waals surface area (Å²) in [5.41, 5.74) is -2.80. The molecule has 1 N–H and O–H groups in total. The van der Waals surface area contributed by atoms with Crippen LogP contribution in [0.5, 0.6) is 0 Å². The molecule has 15 heteroatoms. The predicted octanol–water partition coefficient (Wildman–Crippen LogP) is 5.77. The number of nitro benzene ring substituents is 1. The van der Waals surface area contributed by atoms with E-state index in [1.807, 2.05) is 0 Å². The summed E-state index contributed by atoms with van der Waals surface area (Å²) >= 11 is 12.3. The maximum absolute atomic E-state index is 15.8. The van der Waals surface area contributed by atoms with Crippen LogP contribution >= 0.6 is 23.2 Å². The van der Waals surface area contributed by atoms with Crippen molar-refractivity contribution in [1.82, 2.24) is 4.90 Å². The molecule has 3 aromatic carbocycles. The van der Waals surface area contributed by atoms with Gasteiger partial charge in [0.2, 0.25) is 6.04 Å². The number of hydrogen-bond donors (Lipinski definition) is 1. The molecule has 1 amide bonds. The van der Waals surface area contributed by atoms with Crippen molar-refractivity contribution in [3.05, 3.63) is 113 Å². The number of anilines is 1. The summed E-state index contributed by atoms with van der Waals surface area (Å²) < 4.78 is 20.4. The molecule has 1 fully saturated rings. The number of carbonyl (C=O) groups excluding carboxylic acids is 3. The van der Waals surface area contributed by atoms with Crippen molar-refractivity contribution in [3.8, 4) is 0 Å². The Morgan fingerprint density at radius 2 is 1.84 bits per heavy atom. The van der Waals surface area contributed by atoms with Crippen LogP contribution in [0.4, 0.5) is 15.8 Å². The first kappa shape index (κ1) is 31.9. The minimum Gasteiger partial charge on any atom is -0.465 e. The highest BCUT2D eigenvalue weighted by Crippen LogP contribution is 2.59. The number of nitro groups is 2. The van der Waals surface area contributed by atoms with Crippen LogP contribution in [0.1, 0.15) is 57.5 Å². The number of ether oxygens (including phenoxy) is 1. The van der Waals surface area contributed by atoms with Crippen LogP contribution in [0.3, 0.4) is 0 Å². The smallest absolute Gasteiger partial charge is 0.338 e. The van der Waals surface area contributed by atoms with E-state index in [4.69, 9.17) is 23.2 Å². The molecule has 4 atom stereocenters. The number of ketones is 1. The number of methoxy groups -OCH3 is 1. The summed E-state index contributed by atoms with van der Waals surface area (Å²) in [5, 5.41) is 27.7. The number of amides is 1. The lowest BCUT2D eigenvalue weighted by atomic mass is 9.73. The number of nitrogens with one attached hydrogen (secondary N) is 1. The number of nitrogens with zero attached hydrogens (tertiary/aromatic N) is 3. The second kappa shape index (κ2) is 12.1. The Kier molecular flexibility index (Phi) is 8.62. The monoisotopic (exact) mass is 658 g/mol. The number of fused-ring (bicyclic) bond motifs is 2. The third kappa shape index (κ3) is 5.10. The van der Waals surface area contributed by atoms with Crippen LogP contribution < -0.4 is 5.32 Å². The molecule has 1 spiro atoms. The molecule has 2 aliphatic rings. The molecule has 0 saturated carbocycles. The van der Waals surface area contributed by atoms with Crippen LogP contribution in [0.15, 0.2) is 54.6 Å². The van der Waals surface area contributed by atoms with Crippen molar-refractivity contribution >= 4 is 52.2 Å². The van der Waals surface area contributed by atoms with Crippen LogP contribution in [0.2, 0.25) is 10.0 Å². The van der Waals surface area contributed by atoms with Crippen LogP contribution in [-0.2, 0) is 15.1 Å². The van der Waals surface area contributed by atoms with Crippen molar-refractivity contribution in [3.63, 3.8) is 0 Å². The predicted molar refractivity (Wildman–Crippen MR) is 161 cm³/mol. The van der Waals surface area contributed by atoms with Gasteiger partial charge in [0.1, 0.15) is 11.4 Å². The van der Waals surface area contributed by atoms with Gasteiger partial charge in [0.05, 0.1) is 40.1 Å². The third-order valence-electron chi connectivity index (χ3n) is 8.36. The minimum atomic E-state index is -1.88. The van der Waals surface area contributed by atoms with Gasteiger partial charge in [0.25, 0.3) is 11.6 Å². The first-order valence-corrected chi connectivity index (χ1v) is 14.5. The number of hydrogen-bond acceptors (Lipinski definition) is 9. The van der Waals surface area contributed by atoms with Gasteiger partial charge < -0.3 is 10.1 Å². The summed E-state index contributed by atoms with van der Waals surface area (Å²) in [7, 11) is 1.09. The zero-order chi connectivity index (χ0) is 32.8. The summed E-state index contributed by atoms with van der Waals surface area (Å²) in [6.45, 7) is 1.83. The lowest BCUT2D eigenvalue weighted by Gasteiger charge is -2.38. The van der Waals surface area contributed by atoms with Crippen LogP contribution in [0, 0.1) is 26.0 Å². The molecule has 234 valence electrons. The second-order valence-corrected chi connectivity index (χ2v) is 11.5. The minimum absolute atomic E-state index is 0.0554. The standard InChI is InChI=1S/C30H25Cl2FN4O8/c1-3-11-35-23(14-24(38)17-9-7-15(28(39)45-2)12-22(17)36(41)42)27(37(43)44)25(18-5-4-6-20(32)26(18)33)30(35)19-10-8-16(31)13-21(19)34-29(30)40/h4-10,12-13,23,25,27H,3,11,14H2,1-2H3,(H,34,40)/t23-,25-,27?,30+/m0/s1. The first-order chi connectivity index (χ1) is 21.4. The molecular formula is C30H25Cl2FN4O8. The Bertz CT molecular complexity index is 1770. The fourth-order valence-electron chi connectivity index (χ4n) is 6.69. The van der Waals surface area contributed by atoms with Gasteiger partial charge in [-0.15, -0.1) is 0 Å². The number of halogens is 3. The third-order valence-corrected chi connectivity index (χ3v) is 8.89. The molecule has 0 aliphatic carbocycles. The molecule has 0 bridgehead atoms. The van der Waals surface area contributed by atoms with Crippen molar-refractivity contribution in [1.29, 1.82) is 0 Å². The van der Waals surface area contributed by atoms with Gasteiger partial charge >= 0.3 is 5.97 Å². The number of esters is 1. The van der Waals surface area contributed by atoms with Gasteiger partial charge in [0, 0.05) is 39.2 Å². The average Bonchev–Trinajstić information content (AvgIpc) is 3.44. The summed E-state index contributed by atoms with van der Waals surface area (Å²) in [6, 6.07) is 8.55. The quantitative estimate of drug-likeness (QED) is 0.130. The summed E-state index contributed by atoms with van der Waals surface area (Å²) in [4.78, 5) is 65.0. The zero-order valence-electron chi connectivity index (χ0n) is 23.8. The fourth-order valence-corrected chi connectivity index (χ4v) is 7.04. The van der Waals surface area contributed by atoms with E-state index in [0.29, 0.717) is 12.0 Å². The molecule has 3 aromatic rings. The molecule has 5 rings (SSSR count). The van der Waals surface area contributed by atoms with E-state index in [-0.39, 0.29) is 33.4 Å². The summed E-state index contributed by atoms with van der Waals surface area (Å²) in [6.07, 6.45) is -0.285. The number of Topliss-reactive ketones (excluding diaryl/α,β-unsaturated/α-hetero) is 1. The molecule has 2 aliphatic heterocycles. The highest BCUT2D eigenvalue weighted by molar-refractivity contribution is 6.31. The average molecular weight is 659 g/mol. The number of carbonyl (C=O) groups is 3. The van der Waals surface area contributed by atoms with Crippen LogP contribution in [0.25, 0.3) is 0 Å². The van der Waals surface area contributed by atoms with Crippen molar-refractivity contribution in [2.24, 2.45) is 0 Å². The molecule has 1 saturated heterocycles. The van der Waals surface area contributed by atoms with Crippen LogP contribution in [-0.4, -0.2) is 58.1 Å². The molecule has 0 aromatic heterocycles. The van der Waals surface area contributed by atoms with E-state index in [0.717, 1.165) is 19.2 Å². The molecule has 2 heterocycles. The van der Waals surface area contributed by atoms with Gasteiger partial charge in [0.15, 0.2) is 5.78 Å². The Morgan fingerprint density at radius 1 is 1.11 bits per heavy atom. The Balaban J connectivity index is 1.74. The first-order valence-electron chi connectivity index (χ1n) is 13.7. The molecule has 45 heavy (non-hydrogen) atoms. The molecule has 1 unspecified atom stereocenters. The van der Waals surface area contributed by atoms with Crippen molar-refractivity contribution in [2.75, 3.05) is 19.0 Å². The van der Waals surface area contributed by atoms with Crippen molar-refractivity contribution in [2.45, 2.75) is 43.3 Å². The van der Waals surface area contributed by atoms with E-state index < -0.39 is 74.5 Å². The molecule has 0 radical (unpaired) electrons. The number of benzene rings is 3. The normalized spacial score (nSPS) is 22.2. The molecule has 12 nitrogen and oxygen atoms in total. The maximum atomic E-state index is 15.8. The second-order valence-electron chi connectivity index (χ2n) is 10.7. The fraction of sp³-hybridized carbons (Fsp3) is 0.300. The Morgan fingerprint density at radius 3 is 2.49 bits per heavy atom. The number of likely N-dealkylation sites (tertiary alicyclic amines) is 1. The maximum Gasteiger partial charge on any atom is 0.338 e. The van der Waals surface area contributed by atoms with Gasteiger partial charge in [-0.2, -0.15) is 0 Å². The van der Waals surface area contributed by atoms with E-state index in [9.17, 15) is 34.6 Å². The highest BCUT2D eigenvalue weighted by Gasteiger charge is 2.71. The van der Waals surface area contributed by atoms with Gasteiger partial charge in [-0.1, -0.05) is 48.3 Å². The highest BCUT2D eigenvalue weighted by atomic mass is 35.5. The van der Waals surface area contributed by atoms with E-state index in [2.05, 4.69) is 10.1 Å². The molecular weight excluding hydrogens is 634 g/mol. The van der Waals surface area contributed by atoms with E-state index in [1.54, 1.807) is 6.92 Å². The van der Waals surface area contributed by atoms with E-state index >= 15 is 4.39 Å².